The van der Waals surface area contributed by atoms with Gasteiger partial charge in [-0.3, -0.25) is 4.79 Å². The van der Waals surface area contributed by atoms with Crippen molar-refractivity contribution >= 4 is 46.1 Å². The van der Waals surface area contributed by atoms with E-state index >= 15 is 0 Å². The Morgan fingerprint density at radius 2 is 1.74 bits per heavy atom. The Balaban J connectivity index is 1.46. The minimum atomic E-state index is 0.0102. The SMILES string of the molecule is COc1ccccc1Nc1cc(Nc2ccc(N3CCN(C)CC3)c3c2C(=O)N(C)C3)c(Cl)cn1. The Kier molecular flexibility index (Phi) is 6.40. The molecule has 0 atom stereocenters. The summed E-state index contributed by atoms with van der Waals surface area (Å²) in [6.45, 7) is 4.50. The van der Waals surface area contributed by atoms with Gasteiger partial charge in [-0.15, -0.1) is 0 Å². The lowest BCUT2D eigenvalue weighted by atomic mass is 10.0. The van der Waals surface area contributed by atoms with Crippen molar-refractivity contribution in [1.29, 1.82) is 0 Å². The van der Waals surface area contributed by atoms with Crippen LogP contribution in [-0.2, 0) is 6.54 Å². The van der Waals surface area contributed by atoms with Crippen LogP contribution >= 0.6 is 11.6 Å². The number of likely N-dealkylation sites (N-methyl/N-ethyl adjacent to an activating group) is 1. The number of carbonyl (C=O) groups excluding carboxylic acids is 1. The number of piperazine rings is 1. The van der Waals surface area contributed by atoms with Gasteiger partial charge in [0, 0.05) is 57.1 Å². The zero-order valence-electron chi connectivity index (χ0n) is 20.1. The molecule has 1 saturated heterocycles. The van der Waals surface area contributed by atoms with Crippen LogP contribution in [0.2, 0.25) is 5.02 Å². The number of methoxy groups -OCH3 is 1. The average molecular weight is 493 g/mol. The van der Waals surface area contributed by atoms with E-state index in [0.717, 1.165) is 48.8 Å². The van der Waals surface area contributed by atoms with E-state index in [1.807, 2.05) is 43.4 Å². The molecule has 1 fully saturated rings. The fourth-order valence-electron chi connectivity index (χ4n) is 4.62. The highest BCUT2D eigenvalue weighted by atomic mass is 35.5. The van der Waals surface area contributed by atoms with Gasteiger partial charge in [-0.25, -0.2) is 4.98 Å². The summed E-state index contributed by atoms with van der Waals surface area (Å²) in [7, 11) is 5.61. The lowest BCUT2D eigenvalue weighted by molar-refractivity contribution is 0.0817. The van der Waals surface area contributed by atoms with Crippen LogP contribution in [-0.4, -0.2) is 68.1 Å². The maximum Gasteiger partial charge on any atom is 0.256 e. The van der Waals surface area contributed by atoms with Gasteiger partial charge in [0.2, 0.25) is 0 Å². The molecule has 2 aromatic carbocycles. The number of nitrogens with zero attached hydrogens (tertiary/aromatic N) is 4. The molecule has 0 spiro atoms. The molecule has 0 radical (unpaired) electrons. The summed E-state index contributed by atoms with van der Waals surface area (Å²) in [5.74, 6) is 1.33. The first-order chi connectivity index (χ1) is 16.9. The van der Waals surface area contributed by atoms with Crippen molar-refractivity contribution in [3.63, 3.8) is 0 Å². The summed E-state index contributed by atoms with van der Waals surface area (Å²) < 4.78 is 5.43. The van der Waals surface area contributed by atoms with Crippen molar-refractivity contribution in [1.82, 2.24) is 14.8 Å². The minimum Gasteiger partial charge on any atom is -0.495 e. The van der Waals surface area contributed by atoms with Crippen LogP contribution < -0.4 is 20.3 Å². The summed E-state index contributed by atoms with van der Waals surface area (Å²) in [4.78, 5) is 24.0. The number of nitrogens with one attached hydrogen (secondary N) is 2. The number of fused-ring (bicyclic) bond motifs is 1. The van der Waals surface area contributed by atoms with Crippen LogP contribution in [0.4, 0.5) is 28.6 Å². The Morgan fingerprint density at radius 3 is 2.51 bits per heavy atom. The third-order valence-electron chi connectivity index (χ3n) is 6.58. The van der Waals surface area contributed by atoms with Crippen molar-refractivity contribution in [3.05, 3.63) is 64.8 Å². The number of amides is 1. The van der Waals surface area contributed by atoms with Crippen LogP contribution in [0.15, 0.2) is 48.7 Å². The molecule has 0 unspecified atom stereocenters. The fourth-order valence-corrected chi connectivity index (χ4v) is 4.77. The quantitative estimate of drug-likeness (QED) is 0.522. The van der Waals surface area contributed by atoms with E-state index in [0.29, 0.717) is 34.4 Å². The van der Waals surface area contributed by atoms with Crippen molar-refractivity contribution in [2.45, 2.75) is 6.54 Å². The Labute approximate surface area is 210 Å². The van der Waals surface area contributed by atoms with E-state index in [1.165, 1.54) is 0 Å². The molecule has 0 bridgehead atoms. The summed E-state index contributed by atoms with van der Waals surface area (Å²) in [5.41, 5.74) is 5.10. The number of rotatable bonds is 6. The third kappa shape index (κ3) is 4.59. The molecule has 3 aromatic rings. The van der Waals surface area contributed by atoms with E-state index in [9.17, 15) is 4.79 Å². The number of ether oxygens (including phenoxy) is 1. The highest BCUT2D eigenvalue weighted by Crippen LogP contribution is 2.39. The summed E-state index contributed by atoms with van der Waals surface area (Å²) in [6.07, 6.45) is 1.59. The topological polar surface area (TPSA) is 73.0 Å². The smallest absolute Gasteiger partial charge is 0.256 e. The van der Waals surface area contributed by atoms with Gasteiger partial charge in [-0.1, -0.05) is 23.7 Å². The Morgan fingerprint density at radius 1 is 0.971 bits per heavy atom. The molecule has 2 aliphatic heterocycles. The lowest BCUT2D eigenvalue weighted by Gasteiger charge is -2.35. The van der Waals surface area contributed by atoms with Crippen LogP contribution in [0.1, 0.15) is 15.9 Å². The first-order valence-corrected chi connectivity index (χ1v) is 12.0. The largest absolute Gasteiger partial charge is 0.495 e. The van der Waals surface area contributed by atoms with Crippen LogP contribution in [0.3, 0.4) is 0 Å². The molecule has 2 N–H and O–H groups in total. The first-order valence-electron chi connectivity index (χ1n) is 11.6. The number of hydrogen-bond donors (Lipinski definition) is 2. The molecule has 0 aliphatic carbocycles. The van der Waals surface area contributed by atoms with Crippen molar-refractivity contribution in [2.24, 2.45) is 0 Å². The van der Waals surface area contributed by atoms with Gasteiger partial charge < -0.3 is 30.1 Å². The Bertz CT molecular complexity index is 1260. The van der Waals surface area contributed by atoms with Gasteiger partial charge in [0.15, 0.2) is 0 Å². The second kappa shape index (κ2) is 9.64. The maximum atomic E-state index is 13.1. The normalized spacial score (nSPS) is 15.8. The minimum absolute atomic E-state index is 0.0102. The summed E-state index contributed by atoms with van der Waals surface area (Å²) >= 11 is 6.50. The molecule has 5 rings (SSSR count). The third-order valence-corrected chi connectivity index (χ3v) is 6.88. The first kappa shape index (κ1) is 23.3. The van der Waals surface area contributed by atoms with E-state index in [4.69, 9.17) is 16.3 Å². The molecule has 8 nitrogen and oxygen atoms in total. The molecule has 182 valence electrons. The summed E-state index contributed by atoms with van der Waals surface area (Å²) in [6, 6.07) is 13.6. The number of benzene rings is 2. The van der Waals surface area contributed by atoms with Crippen LogP contribution in [0, 0.1) is 0 Å². The predicted octanol–water partition coefficient (Wildman–Crippen LogP) is 4.57. The fraction of sp³-hybridized carbons (Fsp3) is 0.308. The number of anilines is 5. The number of aromatic nitrogens is 1. The number of halogens is 1. The van der Waals surface area contributed by atoms with Crippen LogP contribution in [0.25, 0.3) is 0 Å². The van der Waals surface area contributed by atoms with E-state index in [1.54, 1.807) is 18.2 Å². The maximum absolute atomic E-state index is 13.1. The molecule has 35 heavy (non-hydrogen) atoms. The molecule has 0 saturated carbocycles. The van der Waals surface area contributed by atoms with Gasteiger partial charge >= 0.3 is 0 Å². The molecular formula is C26H29ClN6O2. The molecule has 1 amide bonds. The van der Waals surface area contributed by atoms with Crippen molar-refractivity contribution in [2.75, 3.05) is 62.9 Å². The van der Waals surface area contributed by atoms with E-state index < -0.39 is 0 Å². The highest BCUT2D eigenvalue weighted by Gasteiger charge is 2.32. The Hall–Kier alpha value is -3.49. The van der Waals surface area contributed by atoms with Gasteiger partial charge in [-0.2, -0.15) is 0 Å². The zero-order valence-corrected chi connectivity index (χ0v) is 20.9. The zero-order chi connectivity index (χ0) is 24.5. The number of hydrogen-bond acceptors (Lipinski definition) is 7. The number of pyridine rings is 1. The summed E-state index contributed by atoms with van der Waals surface area (Å²) in [5, 5.41) is 7.14. The lowest BCUT2D eigenvalue weighted by Crippen LogP contribution is -2.44. The van der Waals surface area contributed by atoms with Gasteiger partial charge in [0.05, 0.1) is 41.0 Å². The molecule has 1 aromatic heterocycles. The second-order valence-corrected chi connectivity index (χ2v) is 9.34. The van der Waals surface area contributed by atoms with Gasteiger partial charge in [-0.05, 0) is 31.3 Å². The second-order valence-electron chi connectivity index (χ2n) is 8.94. The molecule has 2 aliphatic rings. The monoisotopic (exact) mass is 492 g/mol. The highest BCUT2D eigenvalue weighted by molar-refractivity contribution is 6.33. The predicted molar refractivity (Wildman–Crippen MR) is 141 cm³/mol. The van der Waals surface area contributed by atoms with Gasteiger partial charge in [0.1, 0.15) is 11.6 Å². The van der Waals surface area contributed by atoms with Gasteiger partial charge in [0.25, 0.3) is 5.91 Å². The van der Waals surface area contributed by atoms with E-state index in [-0.39, 0.29) is 5.91 Å². The van der Waals surface area contributed by atoms with Crippen molar-refractivity contribution < 1.29 is 9.53 Å². The number of carbonyl (C=O) groups is 1. The standard InChI is InChI=1S/C26H29ClN6O2/c1-31-10-12-33(13-11-31)22-9-8-20(25-17(22)16-32(2)26(25)34)29-21-14-24(28-15-18(21)27)30-19-6-4-5-7-23(19)35-3/h4-9,14-15H,10-13,16H2,1-3H3,(H2,28,29,30). The molecule has 3 heterocycles. The van der Waals surface area contributed by atoms with Crippen LogP contribution in [0.5, 0.6) is 5.75 Å². The number of para-hydroxylation sites is 2. The average Bonchev–Trinajstić information content (AvgIpc) is 3.17. The molecule has 9 heteroatoms. The molecular weight excluding hydrogens is 464 g/mol. The van der Waals surface area contributed by atoms with E-state index in [2.05, 4.69) is 38.5 Å². The van der Waals surface area contributed by atoms with Crippen molar-refractivity contribution in [3.8, 4) is 5.75 Å².